The van der Waals surface area contributed by atoms with E-state index in [1.165, 1.54) is 0 Å². The summed E-state index contributed by atoms with van der Waals surface area (Å²) in [6, 6.07) is 0. The minimum absolute atomic E-state index is 0.112. The van der Waals surface area contributed by atoms with Gasteiger partial charge in [-0.15, -0.1) is 0 Å². The molecular formula is C11H18N4O. The summed E-state index contributed by atoms with van der Waals surface area (Å²) in [5, 5.41) is 2.83. The van der Waals surface area contributed by atoms with Crippen LogP contribution in [0.2, 0.25) is 0 Å². The summed E-state index contributed by atoms with van der Waals surface area (Å²) >= 11 is 0. The summed E-state index contributed by atoms with van der Waals surface area (Å²) in [5.74, 6) is 0.571. The van der Waals surface area contributed by atoms with Gasteiger partial charge in [0.1, 0.15) is 5.82 Å². The average molecular weight is 222 g/mol. The second-order valence-electron chi connectivity index (χ2n) is 3.98. The Morgan fingerprint density at radius 1 is 1.44 bits per heavy atom. The molecule has 1 amide bonds. The Morgan fingerprint density at radius 3 is 2.69 bits per heavy atom. The molecule has 0 aliphatic carbocycles. The highest BCUT2D eigenvalue weighted by Crippen LogP contribution is 2.03. The summed E-state index contributed by atoms with van der Waals surface area (Å²) in [7, 11) is 3.93. The van der Waals surface area contributed by atoms with E-state index in [9.17, 15) is 4.79 Å². The molecule has 5 heteroatoms. The molecule has 0 atom stereocenters. The Bertz CT molecular complexity index is 376. The molecule has 0 spiro atoms. The predicted molar refractivity (Wildman–Crippen MR) is 62.4 cm³/mol. The summed E-state index contributed by atoms with van der Waals surface area (Å²) < 4.78 is 0. The van der Waals surface area contributed by atoms with Crippen LogP contribution in [0.4, 0.5) is 0 Å². The summed E-state index contributed by atoms with van der Waals surface area (Å²) in [6.45, 7) is 5.06. The third-order valence-corrected chi connectivity index (χ3v) is 2.19. The molecule has 0 saturated carbocycles. The molecule has 1 heterocycles. The van der Waals surface area contributed by atoms with E-state index in [-0.39, 0.29) is 5.91 Å². The van der Waals surface area contributed by atoms with E-state index in [4.69, 9.17) is 0 Å². The molecule has 1 aromatic rings. The molecule has 0 unspecified atom stereocenters. The maximum absolute atomic E-state index is 11.7. The Kier molecular flexibility index (Phi) is 4.37. The normalized spacial score (nSPS) is 10.6. The number of likely N-dealkylation sites (N-methyl/N-ethyl adjacent to an activating group) is 1. The quantitative estimate of drug-likeness (QED) is 0.800. The third-order valence-electron chi connectivity index (χ3n) is 2.19. The number of amides is 1. The summed E-state index contributed by atoms with van der Waals surface area (Å²) in [5.41, 5.74) is 1.26. The van der Waals surface area contributed by atoms with Crippen LogP contribution in [0.5, 0.6) is 0 Å². The Morgan fingerprint density at radius 2 is 2.12 bits per heavy atom. The zero-order chi connectivity index (χ0) is 12.1. The van der Waals surface area contributed by atoms with Crippen molar-refractivity contribution >= 4 is 5.91 Å². The fraction of sp³-hybridized carbons (Fsp3) is 0.545. The largest absolute Gasteiger partial charge is 0.351 e. The number of carbonyl (C=O) groups is 1. The van der Waals surface area contributed by atoms with Gasteiger partial charge in [0.25, 0.3) is 5.91 Å². The van der Waals surface area contributed by atoms with Crippen LogP contribution in [-0.4, -0.2) is 48.0 Å². The number of carbonyl (C=O) groups excluding carboxylic acids is 1. The van der Waals surface area contributed by atoms with Crippen LogP contribution in [0.25, 0.3) is 0 Å². The molecule has 0 fully saturated rings. The number of aryl methyl sites for hydroxylation is 2. The maximum Gasteiger partial charge on any atom is 0.254 e. The van der Waals surface area contributed by atoms with Crippen LogP contribution in [0, 0.1) is 13.8 Å². The number of hydrogen-bond donors (Lipinski definition) is 1. The van der Waals surface area contributed by atoms with Crippen molar-refractivity contribution in [3.63, 3.8) is 0 Å². The lowest BCUT2D eigenvalue weighted by atomic mass is 10.2. The number of rotatable bonds is 4. The van der Waals surface area contributed by atoms with Gasteiger partial charge in [-0.3, -0.25) is 4.79 Å². The van der Waals surface area contributed by atoms with Crippen molar-refractivity contribution < 1.29 is 4.79 Å². The first-order valence-corrected chi connectivity index (χ1v) is 5.24. The van der Waals surface area contributed by atoms with Crippen molar-refractivity contribution in [1.82, 2.24) is 20.2 Å². The van der Waals surface area contributed by atoms with Crippen LogP contribution in [0.3, 0.4) is 0 Å². The van der Waals surface area contributed by atoms with Gasteiger partial charge in [0.15, 0.2) is 0 Å². The van der Waals surface area contributed by atoms with E-state index in [1.54, 1.807) is 13.1 Å². The van der Waals surface area contributed by atoms with Crippen molar-refractivity contribution in [2.75, 3.05) is 27.2 Å². The molecule has 0 bridgehead atoms. The van der Waals surface area contributed by atoms with Crippen molar-refractivity contribution in [3.8, 4) is 0 Å². The van der Waals surface area contributed by atoms with Gasteiger partial charge in [-0.05, 0) is 27.9 Å². The Balaban J connectivity index is 2.59. The number of hydrogen-bond acceptors (Lipinski definition) is 4. The van der Waals surface area contributed by atoms with Gasteiger partial charge in [0, 0.05) is 19.3 Å². The first-order chi connectivity index (χ1) is 7.50. The van der Waals surface area contributed by atoms with E-state index in [1.807, 2.05) is 25.9 Å². The van der Waals surface area contributed by atoms with Gasteiger partial charge >= 0.3 is 0 Å². The van der Waals surface area contributed by atoms with Gasteiger partial charge in [0.2, 0.25) is 0 Å². The van der Waals surface area contributed by atoms with Crippen LogP contribution >= 0.6 is 0 Å². The molecule has 1 rings (SSSR count). The van der Waals surface area contributed by atoms with Crippen molar-refractivity contribution in [2.45, 2.75) is 13.8 Å². The highest BCUT2D eigenvalue weighted by Gasteiger charge is 2.09. The van der Waals surface area contributed by atoms with Gasteiger partial charge in [0.05, 0.1) is 11.3 Å². The fourth-order valence-electron chi connectivity index (χ4n) is 1.29. The monoisotopic (exact) mass is 222 g/mol. The number of nitrogens with zero attached hydrogens (tertiary/aromatic N) is 3. The minimum atomic E-state index is -0.112. The lowest BCUT2D eigenvalue weighted by Crippen LogP contribution is -2.32. The molecule has 0 aliphatic heterocycles. The molecule has 0 radical (unpaired) electrons. The molecule has 0 saturated heterocycles. The molecule has 0 aromatic carbocycles. The SMILES string of the molecule is Cc1ncc(C(=O)NCCN(C)C)c(C)n1. The smallest absolute Gasteiger partial charge is 0.254 e. The van der Waals surface area contributed by atoms with Crippen molar-refractivity contribution in [3.05, 3.63) is 23.3 Å². The van der Waals surface area contributed by atoms with E-state index in [0.29, 0.717) is 17.9 Å². The van der Waals surface area contributed by atoms with Crippen LogP contribution in [-0.2, 0) is 0 Å². The standard InChI is InChI=1S/C11H18N4O/c1-8-10(7-13-9(2)14-8)11(16)12-5-6-15(3)4/h7H,5-6H2,1-4H3,(H,12,16). The van der Waals surface area contributed by atoms with E-state index < -0.39 is 0 Å². The topological polar surface area (TPSA) is 58.1 Å². The Labute approximate surface area is 95.9 Å². The van der Waals surface area contributed by atoms with Gasteiger partial charge < -0.3 is 10.2 Å². The fourth-order valence-corrected chi connectivity index (χ4v) is 1.29. The molecule has 16 heavy (non-hydrogen) atoms. The average Bonchev–Trinajstić information content (AvgIpc) is 2.16. The van der Waals surface area contributed by atoms with E-state index in [0.717, 1.165) is 12.2 Å². The predicted octanol–water partition coefficient (Wildman–Crippen LogP) is 0.385. The van der Waals surface area contributed by atoms with Crippen LogP contribution in [0.15, 0.2) is 6.20 Å². The van der Waals surface area contributed by atoms with E-state index in [2.05, 4.69) is 15.3 Å². The maximum atomic E-state index is 11.7. The second kappa shape index (κ2) is 5.55. The molecule has 88 valence electrons. The zero-order valence-electron chi connectivity index (χ0n) is 10.2. The summed E-state index contributed by atoms with van der Waals surface area (Å²) in [4.78, 5) is 21.9. The van der Waals surface area contributed by atoms with Gasteiger partial charge in [-0.1, -0.05) is 0 Å². The lowest BCUT2D eigenvalue weighted by Gasteiger charge is -2.11. The van der Waals surface area contributed by atoms with Gasteiger partial charge in [-0.2, -0.15) is 0 Å². The molecule has 1 N–H and O–H groups in total. The van der Waals surface area contributed by atoms with Gasteiger partial charge in [-0.25, -0.2) is 9.97 Å². The third kappa shape index (κ3) is 3.58. The lowest BCUT2D eigenvalue weighted by molar-refractivity contribution is 0.0949. The van der Waals surface area contributed by atoms with Crippen molar-refractivity contribution in [2.24, 2.45) is 0 Å². The number of aromatic nitrogens is 2. The first kappa shape index (κ1) is 12.6. The second-order valence-corrected chi connectivity index (χ2v) is 3.98. The Hall–Kier alpha value is -1.49. The van der Waals surface area contributed by atoms with Crippen LogP contribution in [0.1, 0.15) is 21.9 Å². The summed E-state index contributed by atoms with van der Waals surface area (Å²) in [6.07, 6.45) is 1.57. The van der Waals surface area contributed by atoms with Crippen LogP contribution < -0.4 is 5.32 Å². The van der Waals surface area contributed by atoms with Crippen molar-refractivity contribution in [1.29, 1.82) is 0 Å². The zero-order valence-corrected chi connectivity index (χ0v) is 10.2. The highest BCUT2D eigenvalue weighted by molar-refractivity contribution is 5.94. The molecular weight excluding hydrogens is 204 g/mol. The first-order valence-electron chi connectivity index (χ1n) is 5.24. The molecule has 1 aromatic heterocycles. The minimum Gasteiger partial charge on any atom is -0.351 e. The molecule has 0 aliphatic rings. The van der Waals surface area contributed by atoms with E-state index >= 15 is 0 Å². The number of nitrogens with one attached hydrogen (secondary N) is 1. The molecule has 5 nitrogen and oxygen atoms in total. The highest BCUT2D eigenvalue weighted by atomic mass is 16.1.